The molecule has 0 bridgehead atoms. The van der Waals surface area contributed by atoms with Crippen LogP contribution in [0.3, 0.4) is 0 Å². The second kappa shape index (κ2) is 13.7. The van der Waals surface area contributed by atoms with Crippen molar-refractivity contribution in [2.24, 2.45) is 0 Å². The quantitative estimate of drug-likeness (QED) is 0.175. The van der Waals surface area contributed by atoms with Gasteiger partial charge in [0.05, 0.1) is 17.0 Å². The van der Waals surface area contributed by atoms with Crippen LogP contribution < -0.4 is 0 Å². The van der Waals surface area contributed by atoms with Gasteiger partial charge in [0.25, 0.3) is 0 Å². The van der Waals surface area contributed by atoms with Crippen LogP contribution in [0.1, 0.15) is 27.8 Å². The molecule has 0 N–H and O–H groups in total. The van der Waals surface area contributed by atoms with Gasteiger partial charge < -0.3 is 0 Å². The van der Waals surface area contributed by atoms with Gasteiger partial charge in [0.15, 0.2) is 17.5 Å². The van der Waals surface area contributed by atoms with E-state index >= 15 is 0 Å². The average molecular weight is 757 g/mol. The fraction of sp³-hybridized carbons (Fsp3) is 0.0189. The smallest absolute Gasteiger partial charge is 0.164 e. The molecule has 0 saturated carbocycles. The minimum Gasteiger partial charge on any atom is -0.208 e. The molecule has 11 rings (SSSR count). The fourth-order valence-electron chi connectivity index (χ4n) is 8.84. The Morgan fingerprint density at radius 2 is 0.793 bits per heavy atom. The molecule has 0 unspecified atom stereocenters. The molecule has 270 valence electrons. The molecule has 1 aliphatic carbocycles. The lowest BCUT2D eigenvalue weighted by Gasteiger charge is -2.40. The molecule has 8 aromatic carbocycles. The molecule has 0 radical (unpaired) electrons. The molecule has 0 fully saturated rings. The average Bonchev–Trinajstić information content (AvgIpc) is 3.60. The molecule has 0 saturated heterocycles. The van der Waals surface area contributed by atoms with Gasteiger partial charge in [-0.2, -0.15) is 5.26 Å². The Morgan fingerprint density at radius 1 is 0.362 bits per heavy atom. The van der Waals surface area contributed by atoms with Crippen molar-refractivity contribution in [2.75, 3.05) is 0 Å². The van der Waals surface area contributed by atoms with Crippen molar-refractivity contribution in [2.45, 2.75) is 15.2 Å². The van der Waals surface area contributed by atoms with Crippen molar-refractivity contribution in [3.63, 3.8) is 0 Å². The first kappa shape index (κ1) is 33.9. The number of benzene rings is 8. The predicted octanol–water partition coefficient (Wildman–Crippen LogP) is 12.9. The highest BCUT2D eigenvalue weighted by atomic mass is 32.2. The Balaban J connectivity index is 1.11. The van der Waals surface area contributed by atoms with Crippen LogP contribution in [0.5, 0.6) is 0 Å². The second-order valence-corrected chi connectivity index (χ2v) is 15.7. The first-order valence-corrected chi connectivity index (χ1v) is 20.1. The molecular weight excluding hydrogens is 725 g/mol. The molecule has 2 heterocycles. The van der Waals surface area contributed by atoms with Crippen molar-refractivity contribution in [3.8, 4) is 73.6 Å². The van der Waals surface area contributed by atoms with Gasteiger partial charge in [0.1, 0.15) is 0 Å². The topological polar surface area (TPSA) is 62.5 Å². The zero-order chi connectivity index (χ0) is 38.6. The number of hydrogen-bond donors (Lipinski definition) is 0. The number of nitrogens with zero attached hydrogens (tertiary/aromatic N) is 4. The van der Waals surface area contributed by atoms with Crippen molar-refractivity contribution in [1.29, 1.82) is 5.26 Å². The maximum absolute atomic E-state index is 9.72. The summed E-state index contributed by atoms with van der Waals surface area (Å²) < 4.78 is 0. The van der Waals surface area contributed by atoms with E-state index in [1.54, 1.807) is 0 Å². The summed E-state index contributed by atoms with van der Waals surface area (Å²) in [6.07, 6.45) is 0. The lowest BCUT2D eigenvalue weighted by Crippen LogP contribution is -2.32. The third kappa shape index (κ3) is 5.34. The van der Waals surface area contributed by atoms with E-state index in [0.717, 1.165) is 38.9 Å². The van der Waals surface area contributed by atoms with Crippen LogP contribution in [-0.4, -0.2) is 15.0 Å². The second-order valence-electron chi connectivity index (χ2n) is 14.6. The van der Waals surface area contributed by atoms with E-state index in [-0.39, 0.29) is 0 Å². The number of aromatic nitrogens is 3. The summed E-state index contributed by atoms with van der Waals surface area (Å²) in [6, 6.07) is 70.5. The van der Waals surface area contributed by atoms with E-state index < -0.39 is 5.41 Å². The fourth-order valence-corrected chi connectivity index (χ4v) is 10.1. The summed E-state index contributed by atoms with van der Waals surface area (Å²) in [5.41, 5.74) is 15.0. The molecule has 9 aromatic rings. The molecule has 58 heavy (non-hydrogen) atoms. The van der Waals surface area contributed by atoms with Gasteiger partial charge in [-0.1, -0.05) is 176 Å². The van der Waals surface area contributed by atoms with Gasteiger partial charge in [0.2, 0.25) is 0 Å². The van der Waals surface area contributed by atoms with Gasteiger partial charge in [-0.25, -0.2) is 15.0 Å². The summed E-state index contributed by atoms with van der Waals surface area (Å²) in [5.74, 6) is 1.88. The number of rotatable bonds is 5. The molecule has 5 heteroatoms. The normalized spacial score (nSPS) is 12.9. The maximum Gasteiger partial charge on any atom is 0.164 e. The first-order valence-electron chi connectivity index (χ1n) is 19.3. The predicted molar refractivity (Wildman–Crippen MR) is 233 cm³/mol. The SMILES string of the molecule is N#Cc1ccc(-c2cc3c(cc2-c2ccc(-c4nc(-c5ccccc5)nc(-c5ccccc5)n4)cc2)Sc2ccccc2C32c3ccccc3-c3ccccc32)cc1. The van der Waals surface area contributed by atoms with Gasteiger partial charge in [0, 0.05) is 26.5 Å². The Kier molecular flexibility index (Phi) is 7.99. The highest BCUT2D eigenvalue weighted by Crippen LogP contribution is 2.63. The maximum atomic E-state index is 9.72. The van der Waals surface area contributed by atoms with Crippen LogP contribution in [0, 0.1) is 11.3 Å². The zero-order valence-corrected chi connectivity index (χ0v) is 32.0. The van der Waals surface area contributed by atoms with Crippen LogP contribution in [0.4, 0.5) is 0 Å². The Hall–Kier alpha value is -7.39. The van der Waals surface area contributed by atoms with E-state index in [1.165, 1.54) is 43.2 Å². The van der Waals surface area contributed by atoms with Gasteiger partial charge in [-0.05, 0) is 86.0 Å². The van der Waals surface area contributed by atoms with Gasteiger partial charge in [-0.15, -0.1) is 0 Å². The van der Waals surface area contributed by atoms with Crippen molar-refractivity contribution in [3.05, 3.63) is 222 Å². The first-order chi connectivity index (χ1) is 28.7. The van der Waals surface area contributed by atoms with Crippen LogP contribution in [0.2, 0.25) is 0 Å². The molecule has 0 atom stereocenters. The molecule has 1 aliphatic heterocycles. The van der Waals surface area contributed by atoms with Gasteiger partial charge >= 0.3 is 0 Å². The highest BCUT2D eigenvalue weighted by Gasteiger charge is 2.50. The van der Waals surface area contributed by atoms with E-state index in [2.05, 4.69) is 127 Å². The van der Waals surface area contributed by atoms with Gasteiger partial charge in [-0.3, -0.25) is 0 Å². The number of fused-ring (bicyclic) bond motifs is 9. The third-order valence-electron chi connectivity index (χ3n) is 11.5. The van der Waals surface area contributed by atoms with E-state index in [0.29, 0.717) is 23.0 Å². The van der Waals surface area contributed by atoms with Crippen molar-refractivity contribution >= 4 is 11.8 Å². The standard InChI is InChI=1S/C53H32N4S/c54-33-34-23-25-35(26-24-34)42-31-47-49(58-48-22-12-11-21-46(48)53(47)44-19-9-7-17-40(44)41-18-8-10-20-45(41)53)32-43(42)36-27-29-39(30-28-36)52-56-50(37-13-3-1-4-14-37)55-51(57-52)38-15-5-2-6-16-38/h1-32H. The zero-order valence-electron chi connectivity index (χ0n) is 31.2. The molecule has 1 aromatic heterocycles. The largest absolute Gasteiger partial charge is 0.208 e. The summed E-state index contributed by atoms with van der Waals surface area (Å²) in [7, 11) is 0. The minimum atomic E-state index is -0.500. The highest BCUT2D eigenvalue weighted by molar-refractivity contribution is 7.99. The minimum absolute atomic E-state index is 0.500. The number of hydrogen-bond acceptors (Lipinski definition) is 5. The summed E-state index contributed by atoms with van der Waals surface area (Å²) in [6.45, 7) is 0. The molecule has 1 spiro atoms. The Morgan fingerprint density at radius 3 is 1.34 bits per heavy atom. The lowest BCUT2D eigenvalue weighted by atomic mass is 9.66. The molecular formula is C53H32N4S. The van der Waals surface area contributed by atoms with Crippen LogP contribution in [0.25, 0.3) is 67.5 Å². The lowest BCUT2D eigenvalue weighted by molar-refractivity contribution is 0.723. The summed E-state index contributed by atoms with van der Waals surface area (Å²) >= 11 is 1.84. The Bertz CT molecular complexity index is 2980. The van der Waals surface area contributed by atoms with Crippen molar-refractivity contribution < 1.29 is 0 Å². The van der Waals surface area contributed by atoms with Crippen molar-refractivity contribution in [1.82, 2.24) is 15.0 Å². The van der Waals surface area contributed by atoms with E-state index in [1.807, 2.05) is 84.6 Å². The monoisotopic (exact) mass is 756 g/mol. The van der Waals surface area contributed by atoms with Crippen LogP contribution >= 0.6 is 11.8 Å². The number of nitriles is 1. The summed E-state index contributed by atoms with van der Waals surface area (Å²) in [5, 5.41) is 9.72. The molecule has 0 amide bonds. The third-order valence-corrected chi connectivity index (χ3v) is 12.6. The van der Waals surface area contributed by atoms with E-state index in [9.17, 15) is 5.26 Å². The Labute approximate surface area is 341 Å². The van der Waals surface area contributed by atoms with Crippen LogP contribution in [-0.2, 0) is 5.41 Å². The molecule has 2 aliphatic rings. The van der Waals surface area contributed by atoms with E-state index in [4.69, 9.17) is 15.0 Å². The van der Waals surface area contributed by atoms with Crippen LogP contribution in [0.15, 0.2) is 204 Å². The summed E-state index contributed by atoms with van der Waals surface area (Å²) in [4.78, 5) is 17.3. The molecule has 4 nitrogen and oxygen atoms in total.